The largest absolute Gasteiger partial charge is 0.508 e. The molecular formula is C22H15N5O3S. The highest BCUT2D eigenvalue weighted by molar-refractivity contribution is 7.17. The molecular weight excluding hydrogens is 414 g/mol. The number of rotatable bonds is 5. The highest BCUT2D eigenvalue weighted by Gasteiger charge is 2.16. The van der Waals surface area contributed by atoms with E-state index in [1.807, 2.05) is 36.4 Å². The number of phenols is 1. The molecule has 0 radical (unpaired) electrons. The van der Waals surface area contributed by atoms with Gasteiger partial charge >= 0.3 is 0 Å². The lowest BCUT2D eigenvalue weighted by Gasteiger charge is -2.04. The van der Waals surface area contributed by atoms with Gasteiger partial charge in [-0.1, -0.05) is 23.5 Å². The van der Waals surface area contributed by atoms with E-state index in [4.69, 9.17) is 9.15 Å². The molecule has 5 rings (SSSR count). The van der Waals surface area contributed by atoms with Gasteiger partial charge in [0.1, 0.15) is 21.5 Å². The SMILES string of the molecule is COc1cc(O)ccc1-c1nnc(-c2ccc(-c3nnc(-c4cccnc4)s3)cc2)o1. The quantitative estimate of drug-likeness (QED) is 0.428. The van der Waals surface area contributed by atoms with Gasteiger partial charge in [0.05, 0.1) is 12.7 Å². The van der Waals surface area contributed by atoms with Crippen LogP contribution in [-0.4, -0.2) is 37.6 Å². The zero-order valence-electron chi connectivity index (χ0n) is 16.3. The van der Waals surface area contributed by atoms with Crippen LogP contribution in [0.25, 0.3) is 44.1 Å². The Balaban J connectivity index is 1.40. The summed E-state index contributed by atoms with van der Waals surface area (Å²) in [7, 11) is 1.52. The summed E-state index contributed by atoms with van der Waals surface area (Å²) in [6.45, 7) is 0. The first-order valence-corrected chi connectivity index (χ1v) is 10.1. The molecule has 0 fully saturated rings. The number of benzene rings is 2. The first-order valence-electron chi connectivity index (χ1n) is 9.27. The summed E-state index contributed by atoms with van der Waals surface area (Å²) in [4.78, 5) is 4.12. The number of aromatic hydroxyl groups is 1. The molecule has 8 nitrogen and oxygen atoms in total. The summed E-state index contributed by atoms with van der Waals surface area (Å²) < 4.78 is 11.1. The van der Waals surface area contributed by atoms with Gasteiger partial charge < -0.3 is 14.3 Å². The van der Waals surface area contributed by atoms with Crippen molar-refractivity contribution in [2.75, 3.05) is 7.11 Å². The van der Waals surface area contributed by atoms with E-state index in [9.17, 15) is 5.11 Å². The first kappa shape index (κ1) is 18.9. The third kappa shape index (κ3) is 3.74. The summed E-state index contributed by atoms with van der Waals surface area (Å²) in [5.74, 6) is 1.23. The van der Waals surface area contributed by atoms with E-state index in [1.165, 1.54) is 24.5 Å². The van der Waals surface area contributed by atoms with Crippen molar-refractivity contribution in [3.8, 4) is 55.5 Å². The van der Waals surface area contributed by atoms with Crippen molar-refractivity contribution in [2.45, 2.75) is 0 Å². The van der Waals surface area contributed by atoms with E-state index in [-0.39, 0.29) is 5.75 Å². The fourth-order valence-electron chi connectivity index (χ4n) is 3.01. The van der Waals surface area contributed by atoms with Crippen LogP contribution in [0.1, 0.15) is 0 Å². The topological polar surface area (TPSA) is 107 Å². The number of nitrogens with zero attached hydrogens (tertiary/aromatic N) is 5. The third-order valence-corrected chi connectivity index (χ3v) is 5.57. The third-order valence-electron chi connectivity index (χ3n) is 4.55. The van der Waals surface area contributed by atoms with Crippen molar-refractivity contribution in [3.05, 3.63) is 67.0 Å². The minimum atomic E-state index is 0.0966. The monoisotopic (exact) mass is 429 g/mol. The molecule has 3 heterocycles. The molecule has 0 spiro atoms. The molecule has 9 heteroatoms. The van der Waals surface area contributed by atoms with Crippen molar-refractivity contribution in [1.29, 1.82) is 0 Å². The van der Waals surface area contributed by atoms with Crippen LogP contribution >= 0.6 is 11.3 Å². The maximum Gasteiger partial charge on any atom is 0.251 e. The van der Waals surface area contributed by atoms with Crippen molar-refractivity contribution in [2.24, 2.45) is 0 Å². The van der Waals surface area contributed by atoms with Crippen molar-refractivity contribution in [1.82, 2.24) is 25.4 Å². The Labute approximate surface area is 180 Å². The standard InChI is InChI=1S/C22H15N5O3S/c1-29-18-11-16(28)8-9-17(18)20-25-24-19(30-20)13-4-6-14(7-5-13)21-26-27-22(31-21)15-3-2-10-23-12-15/h2-12,28H,1H3. The van der Waals surface area contributed by atoms with Gasteiger partial charge in [-0.25, -0.2) is 0 Å². The maximum atomic E-state index is 9.63. The van der Waals surface area contributed by atoms with Crippen LogP contribution in [0.5, 0.6) is 11.5 Å². The molecule has 0 amide bonds. The molecule has 5 aromatic rings. The van der Waals surface area contributed by atoms with Crippen LogP contribution in [0.2, 0.25) is 0 Å². The Morgan fingerprint density at radius 2 is 1.58 bits per heavy atom. The molecule has 0 unspecified atom stereocenters. The van der Waals surface area contributed by atoms with E-state index in [0.29, 0.717) is 23.1 Å². The van der Waals surface area contributed by atoms with Gasteiger partial charge in [0, 0.05) is 35.2 Å². The summed E-state index contributed by atoms with van der Waals surface area (Å²) in [5, 5.41) is 28.1. The number of pyridine rings is 1. The smallest absolute Gasteiger partial charge is 0.251 e. The zero-order chi connectivity index (χ0) is 21.2. The predicted molar refractivity (Wildman–Crippen MR) is 116 cm³/mol. The number of phenolic OH excluding ortho intramolecular Hbond substituents is 1. The molecule has 0 bridgehead atoms. The fraction of sp³-hybridized carbons (Fsp3) is 0.0455. The van der Waals surface area contributed by atoms with Crippen molar-refractivity contribution >= 4 is 11.3 Å². The van der Waals surface area contributed by atoms with Crippen LogP contribution in [0, 0.1) is 0 Å². The molecule has 0 atom stereocenters. The zero-order valence-corrected chi connectivity index (χ0v) is 17.1. The second kappa shape index (κ2) is 7.96. The van der Waals surface area contributed by atoms with Crippen LogP contribution in [-0.2, 0) is 0 Å². The molecule has 0 saturated carbocycles. The Morgan fingerprint density at radius 1 is 0.839 bits per heavy atom. The van der Waals surface area contributed by atoms with Gasteiger partial charge in [-0.15, -0.1) is 20.4 Å². The number of hydrogen-bond acceptors (Lipinski definition) is 9. The summed E-state index contributed by atoms with van der Waals surface area (Å²) in [6.07, 6.45) is 3.49. The maximum absolute atomic E-state index is 9.63. The minimum absolute atomic E-state index is 0.0966. The molecule has 3 aromatic heterocycles. The molecule has 0 aliphatic heterocycles. The second-order valence-corrected chi connectivity index (χ2v) is 7.51. The predicted octanol–water partition coefficient (Wildman–Crippen LogP) is 4.70. The first-order chi connectivity index (χ1) is 15.2. The summed E-state index contributed by atoms with van der Waals surface area (Å²) >= 11 is 1.50. The average molecular weight is 429 g/mol. The van der Waals surface area contributed by atoms with E-state index >= 15 is 0 Å². The van der Waals surface area contributed by atoms with Crippen LogP contribution < -0.4 is 4.74 Å². The summed E-state index contributed by atoms with van der Waals surface area (Å²) in [6, 6.07) is 16.2. The fourth-order valence-corrected chi connectivity index (χ4v) is 3.85. The lowest BCUT2D eigenvalue weighted by molar-refractivity contribution is 0.407. The van der Waals surface area contributed by atoms with E-state index in [0.717, 1.165) is 26.7 Å². The highest BCUT2D eigenvalue weighted by Crippen LogP contribution is 2.34. The van der Waals surface area contributed by atoms with E-state index < -0.39 is 0 Å². The van der Waals surface area contributed by atoms with Gasteiger partial charge in [-0.05, 0) is 36.4 Å². The Kier molecular flexibility index (Phi) is 4.85. The van der Waals surface area contributed by atoms with Crippen LogP contribution in [0.4, 0.5) is 0 Å². The van der Waals surface area contributed by atoms with Crippen molar-refractivity contribution in [3.63, 3.8) is 0 Å². The Hall–Kier alpha value is -4.11. The minimum Gasteiger partial charge on any atom is -0.508 e. The molecule has 1 N–H and O–H groups in total. The molecule has 2 aromatic carbocycles. The molecule has 152 valence electrons. The average Bonchev–Trinajstić information content (AvgIpc) is 3.50. The normalized spacial score (nSPS) is 10.9. The number of aromatic nitrogens is 5. The second-order valence-electron chi connectivity index (χ2n) is 6.53. The van der Waals surface area contributed by atoms with Gasteiger partial charge in [-0.2, -0.15) is 0 Å². The molecule has 0 aliphatic rings. The van der Waals surface area contributed by atoms with Gasteiger partial charge in [-0.3, -0.25) is 4.98 Å². The molecule has 0 aliphatic carbocycles. The highest BCUT2D eigenvalue weighted by atomic mass is 32.1. The molecule has 0 saturated heterocycles. The van der Waals surface area contributed by atoms with Gasteiger partial charge in [0.2, 0.25) is 5.89 Å². The van der Waals surface area contributed by atoms with E-state index in [1.54, 1.807) is 24.5 Å². The Bertz CT molecular complexity index is 1330. The van der Waals surface area contributed by atoms with Crippen molar-refractivity contribution < 1.29 is 14.3 Å². The van der Waals surface area contributed by atoms with Gasteiger partial charge in [0.25, 0.3) is 5.89 Å². The number of hydrogen-bond donors (Lipinski definition) is 1. The Morgan fingerprint density at radius 3 is 2.32 bits per heavy atom. The number of ether oxygens (including phenoxy) is 1. The summed E-state index contributed by atoms with van der Waals surface area (Å²) in [5.41, 5.74) is 3.26. The van der Waals surface area contributed by atoms with Crippen LogP contribution in [0.3, 0.4) is 0 Å². The molecule has 31 heavy (non-hydrogen) atoms. The lowest BCUT2D eigenvalue weighted by atomic mass is 10.1. The lowest BCUT2D eigenvalue weighted by Crippen LogP contribution is -1.87. The van der Waals surface area contributed by atoms with E-state index in [2.05, 4.69) is 25.4 Å². The number of methoxy groups -OCH3 is 1. The van der Waals surface area contributed by atoms with Gasteiger partial charge in [0.15, 0.2) is 0 Å². The van der Waals surface area contributed by atoms with Crippen LogP contribution in [0.15, 0.2) is 71.4 Å².